The Morgan fingerprint density at radius 1 is 1.27 bits per heavy atom. The van der Waals surface area contributed by atoms with E-state index >= 15 is 0 Å². The number of carbonyl (C=O) groups excluding carboxylic acids is 2. The predicted molar refractivity (Wildman–Crippen MR) is 130 cm³/mol. The van der Waals surface area contributed by atoms with Crippen molar-refractivity contribution in [3.63, 3.8) is 0 Å². The van der Waals surface area contributed by atoms with Crippen LogP contribution in [0.5, 0.6) is 0 Å². The summed E-state index contributed by atoms with van der Waals surface area (Å²) in [6, 6.07) is -1.61. The summed E-state index contributed by atoms with van der Waals surface area (Å²) in [5.41, 5.74) is -1.03. The zero-order valence-electron chi connectivity index (χ0n) is 21.4. The number of rotatable bonds is 8. The zero-order chi connectivity index (χ0) is 24.9. The Morgan fingerprint density at radius 3 is 2.42 bits per heavy atom. The number of β-lactam (4-membered cyclic amide) rings is 1. The van der Waals surface area contributed by atoms with Crippen LogP contribution in [-0.4, -0.2) is 61.7 Å². The molecule has 0 aromatic rings. The van der Waals surface area contributed by atoms with Crippen molar-refractivity contribution < 1.29 is 24.2 Å². The fourth-order valence-electron chi connectivity index (χ4n) is 6.03. The third kappa shape index (κ3) is 4.54. The highest BCUT2D eigenvalue weighted by molar-refractivity contribution is 8.01. The zero-order valence-corrected chi connectivity index (χ0v) is 22.2. The minimum absolute atomic E-state index is 0.00613. The highest BCUT2D eigenvalue weighted by Crippen LogP contribution is 2.51. The van der Waals surface area contributed by atoms with E-state index in [1.807, 2.05) is 34.6 Å². The second kappa shape index (κ2) is 9.40. The molecule has 0 bridgehead atoms. The van der Waals surface area contributed by atoms with Crippen molar-refractivity contribution in [2.75, 3.05) is 0 Å². The van der Waals surface area contributed by atoms with Gasteiger partial charge in [0.1, 0.15) is 23.1 Å². The number of hydrogen-bond acceptors (Lipinski definition) is 5. The number of nitrogens with one attached hydrogen (secondary N) is 1. The van der Waals surface area contributed by atoms with Crippen molar-refractivity contribution in [1.29, 1.82) is 0 Å². The fourth-order valence-corrected chi connectivity index (χ4v) is 7.66. The lowest BCUT2D eigenvalue weighted by atomic mass is 9.74. The van der Waals surface area contributed by atoms with Gasteiger partial charge in [-0.15, -0.1) is 11.8 Å². The van der Waals surface area contributed by atoms with Crippen molar-refractivity contribution in [1.82, 2.24) is 10.2 Å². The Hall–Kier alpha value is -1.28. The molecule has 2 heterocycles. The Kier molecular flexibility index (Phi) is 7.50. The monoisotopic (exact) mass is 482 g/mol. The van der Waals surface area contributed by atoms with Crippen molar-refractivity contribution in [3.05, 3.63) is 0 Å². The topological polar surface area (TPSA) is 95.9 Å². The summed E-state index contributed by atoms with van der Waals surface area (Å²) in [5, 5.41) is 12.3. The van der Waals surface area contributed by atoms with Gasteiger partial charge in [0, 0.05) is 4.75 Å². The van der Waals surface area contributed by atoms with Gasteiger partial charge in [0.15, 0.2) is 0 Å². The molecule has 3 aliphatic rings. The number of nitrogens with zero attached hydrogens (tertiary/aromatic N) is 1. The van der Waals surface area contributed by atoms with E-state index in [0.29, 0.717) is 24.2 Å². The maximum absolute atomic E-state index is 13.8. The summed E-state index contributed by atoms with van der Waals surface area (Å²) >= 11 is 1.44. The van der Waals surface area contributed by atoms with Crippen LogP contribution < -0.4 is 5.32 Å². The summed E-state index contributed by atoms with van der Waals surface area (Å²) in [5.74, 6) is -0.219. The van der Waals surface area contributed by atoms with Crippen LogP contribution in [0.4, 0.5) is 0 Å². The summed E-state index contributed by atoms with van der Waals surface area (Å²) in [4.78, 5) is 39.9. The van der Waals surface area contributed by atoms with E-state index in [0.717, 1.165) is 12.8 Å². The van der Waals surface area contributed by atoms with E-state index < -0.39 is 28.4 Å². The van der Waals surface area contributed by atoms with E-state index in [-0.39, 0.29) is 29.2 Å². The molecule has 0 radical (unpaired) electrons. The average molecular weight is 483 g/mol. The number of fused-ring (bicyclic) bond motifs is 1. The summed E-state index contributed by atoms with van der Waals surface area (Å²) in [6.45, 7) is 16.3. The number of amides is 2. The number of aliphatic carboxylic acids is 1. The van der Waals surface area contributed by atoms with Gasteiger partial charge < -0.3 is 20.1 Å². The highest BCUT2D eigenvalue weighted by Gasteiger charge is 2.64. The van der Waals surface area contributed by atoms with Crippen molar-refractivity contribution >= 4 is 29.5 Å². The van der Waals surface area contributed by atoms with Gasteiger partial charge in [-0.1, -0.05) is 48.0 Å². The number of carbonyl (C=O) groups is 3. The van der Waals surface area contributed by atoms with Gasteiger partial charge in [-0.25, -0.2) is 4.79 Å². The van der Waals surface area contributed by atoms with Crippen LogP contribution in [0.15, 0.2) is 0 Å². The number of thioether (sulfide) groups is 1. The Morgan fingerprint density at radius 2 is 1.91 bits per heavy atom. The molecule has 1 saturated carbocycles. The summed E-state index contributed by atoms with van der Waals surface area (Å²) in [7, 11) is 0. The van der Waals surface area contributed by atoms with Gasteiger partial charge in [0.2, 0.25) is 5.91 Å². The van der Waals surface area contributed by atoms with Crippen LogP contribution in [0.25, 0.3) is 0 Å². The molecule has 2 aliphatic heterocycles. The second-order valence-electron chi connectivity index (χ2n) is 11.4. The number of carboxylic acids is 1. The van der Waals surface area contributed by atoms with Gasteiger partial charge in [-0.05, 0) is 56.8 Å². The molecule has 1 aliphatic carbocycles. The Labute approximate surface area is 202 Å². The van der Waals surface area contributed by atoms with Crippen molar-refractivity contribution in [2.45, 2.75) is 115 Å². The van der Waals surface area contributed by atoms with Gasteiger partial charge in [-0.3, -0.25) is 9.59 Å². The summed E-state index contributed by atoms with van der Waals surface area (Å²) in [6.07, 6.45) is 3.74. The number of hydrogen-bond donors (Lipinski definition) is 2. The van der Waals surface area contributed by atoms with Crippen LogP contribution in [0.3, 0.4) is 0 Å². The number of carboxylic acid groups (broad SMARTS) is 1. The molecular weight excluding hydrogens is 440 g/mol. The first-order valence-electron chi connectivity index (χ1n) is 12.5. The highest BCUT2D eigenvalue weighted by atomic mass is 32.2. The van der Waals surface area contributed by atoms with Gasteiger partial charge >= 0.3 is 5.97 Å². The van der Waals surface area contributed by atoms with Crippen LogP contribution in [0, 0.1) is 23.7 Å². The normalized spacial score (nSPS) is 35.2. The van der Waals surface area contributed by atoms with E-state index in [9.17, 15) is 19.5 Å². The molecule has 2 saturated heterocycles. The van der Waals surface area contributed by atoms with Crippen LogP contribution in [0.1, 0.15) is 81.1 Å². The minimum Gasteiger partial charge on any atom is -0.480 e. The molecule has 0 spiro atoms. The lowest BCUT2D eigenvalue weighted by Crippen LogP contribution is -2.72. The Bertz CT molecular complexity index is 785. The van der Waals surface area contributed by atoms with Gasteiger partial charge in [-0.2, -0.15) is 0 Å². The molecule has 7 atom stereocenters. The first-order chi connectivity index (χ1) is 15.3. The third-order valence-electron chi connectivity index (χ3n) is 8.13. The molecule has 0 aromatic heterocycles. The van der Waals surface area contributed by atoms with E-state index in [2.05, 4.69) is 26.1 Å². The quantitative estimate of drug-likeness (QED) is 0.510. The van der Waals surface area contributed by atoms with Crippen molar-refractivity contribution in [2.24, 2.45) is 23.7 Å². The van der Waals surface area contributed by atoms with Crippen molar-refractivity contribution in [3.8, 4) is 0 Å². The van der Waals surface area contributed by atoms with Gasteiger partial charge in [0.05, 0.1) is 6.10 Å². The molecule has 2 N–H and O–H groups in total. The molecular formula is C25H42N2O5S. The summed E-state index contributed by atoms with van der Waals surface area (Å²) < 4.78 is 6.15. The van der Waals surface area contributed by atoms with Crippen LogP contribution in [0.2, 0.25) is 0 Å². The smallest absolute Gasteiger partial charge is 0.327 e. The lowest BCUT2D eigenvalue weighted by Gasteiger charge is -2.47. The first-order valence-corrected chi connectivity index (χ1v) is 13.4. The molecule has 0 unspecified atom stereocenters. The predicted octanol–water partition coefficient (Wildman–Crippen LogP) is 3.90. The van der Waals surface area contributed by atoms with Crippen LogP contribution in [-0.2, 0) is 19.1 Å². The maximum Gasteiger partial charge on any atom is 0.327 e. The fraction of sp³-hybridized carbons (Fsp3) is 0.880. The molecule has 7 nitrogen and oxygen atoms in total. The second-order valence-corrected chi connectivity index (χ2v) is 13.2. The molecule has 2 amide bonds. The van der Waals surface area contributed by atoms with E-state index in [1.165, 1.54) is 23.1 Å². The molecule has 188 valence electrons. The van der Waals surface area contributed by atoms with Crippen LogP contribution >= 0.6 is 11.8 Å². The van der Waals surface area contributed by atoms with E-state index in [1.54, 1.807) is 0 Å². The molecule has 3 rings (SSSR count). The lowest BCUT2D eigenvalue weighted by molar-refractivity contribution is -0.184. The number of ether oxygens (including phenoxy) is 1. The largest absolute Gasteiger partial charge is 0.480 e. The standard InChI is InChI=1S/C25H42N2O5S/c1-9-25(14(4)5,32-17-12-15(6)10-11-16(17)13(2)3)23(31)26-18-20(28)27-19(22(29)30)24(7,8)33-21(18)27/h13-19,21H,9-12H2,1-8H3,(H,26,31)(H,29,30)/t15-,16-,17-,18+,19-,21-,25+/m1/s1. The molecule has 8 heteroatoms. The molecule has 3 fully saturated rings. The van der Waals surface area contributed by atoms with E-state index in [4.69, 9.17) is 4.74 Å². The SMILES string of the molecule is CC[C@@](O[C@@H]1C[C@H](C)CC[C@@H]1C(C)C)(C(=O)N[C@H]1C(=O)N2[C@@H]1SC(C)(C)[C@H]2C(=O)O)C(C)C. The maximum atomic E-state index is 13.8. The average Bonchev–Trinajstić information content (AvgIpc) is 2.97. The first kappa shape index (κ1) is 26.3. The third-order valence-corrected chi connectivity index (χ3v) is 9.70. The molecule has 0 aromatic carbocycles. The van der Waals surface area contributed by atoms with Gasteiger partial charge in [0.25, 0.3) is 5.91 Å². The molecule has 33 heavy (non-hydrogen) atoms. The minimum atomic E-state index is -1.03. The Balaban J connectivity index is 1.81.